The predicted molar refractivity (Wildman–Crippen MR) is 417 cm³/mol. The maximum atomic E-state index is 12.9. The molecule has 0 rings (SSSR count). The number of hydrogen-bond donors (Lipinski definition) is 4. The molecule has 0 aliphatic heterocycles. The number of phosphoric acid groups is 2. The molecule has 0 heterocycles. The fourth-order valence-corrected chi connectivity index (χ4v) is 11.9. The second-order valence-corrected chi connectivity index (χ2v) is 29.0. The maximum absolute atomic E-state index is 12.9. The van der Waals surface area contributed by atoms with E-state index in [1.54, 1.807) is 0 Å². The van der Waals surface area contributed by atoms with Gasteiger partial charge in [-0.2, -0.15) is 0 Å². The number of unbranched alkanes of at least 4 members (excludes halogenated alkanes) is 29. The van der Waals surface area contributed by atoms with Gasteiger partial charge >= 0.3 is 33.6 Å². The van der Waals surface area contributed by atoms with Gasteiger partial charge in [-0.25, -0.2) is 9.13 Å². The van der Waals surface area contributed by atoms with Crippen LogP contribution in [0.5, 0.6) is 0 Å². The number of rotatable bonds is 74. The molecule has 0 aromatic carbocycles. The van der Waals surface area contributed by atoms with Crippen LogP contribution in [-0.4, -0.2) is 95.9 Å². The van der Waals surface area contributed by atoms with Crippen molar-refractivity contribution in [2.24, 2.45) is 0 Å². The molecule has 5 atom stereocenters. The zero-order chi connectivity index (χ0) is 73.7. The Morgan fingerprint density at radius 3 is 0.871 bits per heavy atom. The third-order valence-electron chi connectivity index (χ3n) is 16.3. The molecule has 0 bridgehead atoms. The molecule has 16 nitrogen and oxygen atoms in total. The van der Waals surface area contributed by atoms with Gasteiger partial charge in [0.25, 0.3) is 0 Å². The van der Waals surface area contributed by atoms with Gasteiger partial charge in [0.15, 0.2) is 6.10 Å². The maximum Gasteiger partial charge on any atom is 0.472 e. The van der Waals surface area contributed by atoms with Crippen molar-refractivity contribution in [3.63, 3.8) is 0 Å². The fraction of sp³-hybridized carbons (Fsp3) is 0.699. The summed E-state index contributed by atoms with van der Waals surface area (Å²) in [6.45, 7) is 2.45. The smallest absolute Gasteiger partial charge is 0.463 e. The summed E-state index contributed by atoms with van der Waals surface area (Å²) in [4.78, 5) is 58.6. The predicted octanol–water partition coefficient (Wildman–Crippen LogP) is 23.1. The number of aliphatic hydroxyl groups excluding tert-OH is 2. The molecule has 5 unspecified atom stereocenters. The number of esters is 3. The largest absolute Gasteiger partial charge is 0.472 e. The van der Waals surface area contributed by atoms with Crippen LogP contribution >= 0.6 is 15.6 Å². The molecular formula is C83H142O16P2. The van der Waals surface area contributed by atoms with Crippen molar-refractivity contribution in [3.8, 4) is 0 Å². The number of aliphatic hydroxyl groups is 2. The molecule has 18 heteroatoms. The number of carbonyl (C=O) groups excluding carboxylic acids is 3. The lowest BCUT2D eigenvalue weighted by Gasteiger charge is -2.21. The Balaban J connectivity index is 4.51. The molecule has 580 valence electrons. The van der Waals surface area contributed by atoms with Crippen molar-refractivity contribution in [1.82, 2.24) is 0 Å². The van der Waals surface area contributed by atoms with E-state index in [0.29, 0.717) is 19.3 Å². The zero-order valence-electron chi connectivity index (χ0n) is 63.3. The third kappa shape index (κ3) is 76.6. The second kappa shape index (κ2) is 75.4. The van der Waals surface area contributed by atoms with Crippen LogP contribution in [0.1, 0.15) is 316 Å². The molecule has 0 saturated heterocycles. The SMILES string of the molecule is CC/C=C\C/C=C\C/C=C\C/C=C\C/C=C\CCCCCCCCCC(=O)OCC(COP(=O)(O)OCC(O)COP(=O)(O)OCC(O)COC(=O)CCCCCCCCCCCCCCC/C=C\C/C=C\C/C=C\C/C=C\CCCCC)OC(=O)CCCCCCC/C=C\C/C=C\CCC. The van der Waals surface area contributed by atoms with Gasteiger partial charge < -0.3 is 34.2 Å². The first-order valence-electron chi connectivity index (χ1n) is 39.5. The minimum atomic E-state index is -4.94. The summed E-state index contributed by atoms with van der Waals surface area (Å²) in [5.74, 6) is -1.60. The van der Waals surface area contributed by atoms with E-state index in [2.05, 4.69) is 154 Å². The molecule has 0 amide bonds. The summed E-state index contributed by atoms with van der Waals surface area (Å²) in [6, 6.07) is 0. The first-order chi connectivity index (χ1) is 49.2. The third-order valence-corrected chi connectivity index (χ3v) is 18.2. The minimum absolute atomic E-state index is 0.0827. The summed E-state index contributed by atoms with van der Waals surface area (Å²) in [5, 5.41) is 20.6. The van der Waals surface area contributed by atoms with Gasteiger partial charge in [-0.15, -0.1) is 0 Å². The molecule has 0 radical (unpaired) electrons. The van der Waals surface area contributed by atoms with Gasteiger partial charge in [0.2, 0.25) is 0 Å². The standard InChI is InChI=1S/C83H142O16P2/c1-4-7-10-13-16-19-22-25-27-29-31-33-35-36-37-38-39-40-42-44-45-47-49-52-54-57-60-63-66-69-81(86)93-72-78(84)73-95-100(89,90)96-74-79(85)75-97-101(91,92)98-77-80(99-83(88)71-68-65-62-59-56-51-24-21-18-15-12-9-6-3)76-94-82(87)70-67-64-61-58-55-53-50-48-46-43-41-34-32-30-28-26-23-20-17-14-11-8-5-2/h8,11-12,15-17,19-21,24-28,31-34,36-37,43,46,78-80,84-85H,4-7,9-10,13-14,18,22-23,29-30,35,38-42,44-45,47-77H2,1-3H3,(H,89,90)(H,91,92)/b11-8-,15-12-,19-16-,20-17-,24-21-,27-25-,28-26-,33-31-,34-32-,37-36-,46-43-. The number of allylic oxidation sites excluding steroid dienone is 22. The average molecular weight is 1460 g/mol. The number of phosphoric ester groups is 2. The lowest BCUT2D eigenvalue weighted by Crippen LogP contribution is -2.30. The fourth-order valence-electron chi connectivity index (χ4n) is 10.3. The van der Waals surface area contributed by atoms with Crippen LogP contribution in [0.15, 0.2) is 134 Å². The van der Waals surface area contributed by atoms with Crippen LogP contribution in [0.3, 0.4) is 0 Å². The van der Waals surface area contributed by atoms with Crippen molar-refractivity contribution in [1.29, 1.82) is 0 Å². The van der Waals surface area contributed by atoms with E-state index in [1.165, 1.54) is 83.5 Å². The summed E-state index contributed by atoms with van der Waals surface area (Å²) < 4.78 is 61.1. The molecule has 0 saturated carbocycles. The molecular weight excluding hydrogens is 1310 g/mol. The van der Waals surface area contributed by atoms with E-state index in [0.717, 1.165) is 173 Å². The summed E-state index contributed by atoms with van der Waals surface area (Å²) in [6.07, 6.45) is 90.8. The van der Waals surface area contributed by atoms with Gasteiger partial charge in [-0.05, 0) is 135 Å². The summed E-state index contributed by atoms with van der Waals surface area (Å²) in [7, 11) is -9.80. The van der Waals surface area contributed by atoms with Gasteiger partial charge in [0.1, 0.15) is 25.4 Å². The first kappa shape index (κ1) is 96.7. The van der Waals surface area contributed by atoms with Crippen molar-refractivity contribution in [2.75, 3.05) is 39.6 Å². The Kier molecular flexibility index (Phi) is 72.2. The van der Waals surface area contributed by atoms with Crippen molar-refractivity contribution >= 4 is 33.6 Å². The lowest BCUT2D eigenvalue weighted by atomic mass is 10.0. The minimum Gasteiger partial charge on any atom is -0.463 e. The first-order valence-corrected chi connectivity index (χ1v) is 42.5. The molecule has 0 aliphatic rings. The molecule has 101 heavy (non-hydrogen) atoms. The average Bonchev–Trinajstić information content (AvgIpc) is 0.939. The Hall–Kier alpha value is -4.31. The van der Waals surface area contributed by atoms with Gasteiger partial charge in [-0.1, -0.05) is 296 Å². The highest BCUT2D eigenvalue weighted by Gasteiger charge is 2.29. The molecule has 0 aromatic rings. The van der Waals surface area contributed by atoms with Gasteiger partial charge in [0.05, 0.1) is 26.4 Å². The highest BCUT2D eigenvalue weighted by molar-refractivity contribution is 7.47. The van der Waals surface area contributed by atoms with Crippen LogP contribution in [0, 0.1) is 0 Å². The summed E-state index contributed by atoms with van der Waals surface area (Å²) >= 11 is 0. The second-order valence-electron chi connectivity index (χ2n) is 26.1. The number of hydrogen-bond acceptors (Lipinski definition) is 14. The van der Waals surface area contributed by atoms with Gasteiger partial charge in [-0.3, -0.25) is 32.5 Å². The van der Waals surface area contributed by atoms with Gasteiger partial charge in [0, 0.05) is 19.3 Å². The van der Waals surface area contributed by atoms with Crippen molar-refractivity contribution in [2.45, 2.75) is 334 Å². The topological polar surface area (TPSA) is 231 Å². The Morgan fingerprint density at radius 2 is 0.545 bits per heavy atom. The molecule has 0 aromatic heterocycles. The normalized spacial score (nSPS) is 14.7. The monoisotopic (exact) mass is 1460 g/mol. The van der Waals surface area contributed by atoms with E-state index in [9.17, 15) is 43.5 Å². The van der Waals surface area contributed by atoms with E-state index in [-0.39, 0.29) is 19.3 Å². The van der Waals surface area contributed by atoms with Crippen LogP contribution in [0.4, 0.5) is 0 Å². The van der Waals surface area contributed by atoms with E-state index < -0.39 is 91.5 Å². The number of ether oxygens (including phenoxy) is 3. The van der Waals surface area contributed by atoms with Crippen LogP contribution in [0.25, 0.3) is 0 Å². The van der Waals surface area contributed by atoms with E-state index in [4.69, 9.17) is 32.3 Å². The lowest BCUT2D eigenvalue weighted by molar-refractivity contribution is -0.161. The Bertz CT molecular complexity index is 2370. The van der Waals surface area contributed by atoms with Crippen LogP contribution in [0.2, 0.25) is 0 Å². The highest BCUT2D eigenvalue weighted by Crippen LogP contribution is 2.45. The molecule has 0 aliphatic carbocycles. The Labute approximate surface area is 614 Å². The zero-order valence-corrected chi connectivity index (χ0v) is 65.1. The quantitative estimate of drug-likeness (QED) is 0.0146. The van der Waals surface area contributed by atoms with Crippen molar-refractivity contribution in [3.05, 3.63) is 134 Å². The summed E-state index contributed by atoms with van der Waals surface area (Å²) in [5.41, 5.74) is 0. The van der Waals surface area contributed by atoms with E-state index in [1.807, 2.05) is 0 Å². The highest BCUT2D eigenvalue weighted by atomic mass is 31.2. The Morgan fingerprint density at radius 1 is 0.287 bits per heavy atom. The van der Waals surface area contributed by atoms with Crippen molar-refractivity contribution < 1.29 is 75.8 Å². The molecule has 4 N–H and O–H groups in total. The van der Waals surface area contributed by atoms with Crippen LogP contribution in [-0.2, 0) is 55.8 Å². The molecule has 0 fully saturated rings. The molecule has 0 spiro atoms. The van der Waals surface area contributed by atoms with Crippen LogP contribution < -0.4 is 0 Å². The van der Waals surface area contributed by atoms with E-state index >= 15 is 0 Å². The number of carbonyl (C=O) groups is 3.